The predicted molar refractivity (Wildman–Crippen MR) is 182 cm³/mol. The lowest BCUT2D eigenvalue weighted by atomic mass is 10.0. The van der Waals surface area contributed by atoms with Crippen LogP contribution in [0.15, 0.2) is 42.5 Å². The van der Waals surface area contributed by atoms with Crippen molar-refractivity contribution in [3.63, 3.8) is 0 Å². The van der Waals surface area contributed by atoms with Gasteiger partial charge in [-0.1, -0.05) is 36.8 Å². The van der Waals surface area contributed by atoms with E-state index in [1.165, 1.54) is 31.0 Å². The molecule has 1 heterocycles. The molecule has 2 rings (SSSR count). The second kappa shape index (κ2) is 20.6. The van der Waals surface area contributed by atoms with Crippen molar-refractivity contribution in [2.24, 2.45) is 5.73 Å². The number of carbonyl (C=O) groups excluding carboxylic acids is 8. The van der Waals surface area contributed by atoms with Crippen molar-refractivity contribution >= 4 is 59.0 Å². The van der Waals surface area contributed by atoms with Crippen molar-refractivity contribution in [3.05, 3.63) is 48.0 Å². The molecule has 268 valence electrons. The van der Waals surface area contributed by atoms with E-state index >= 15 is 0 Å². The van der Waals surface area contributed by atoms with Crippen molar-refractivity contribution in [1.29, 1.82) is 0 Å². The molecule has 0 radical (unpaired) electrons. The van der Waals surface area contributed by atoms with Crippen molar-refractivity contribution in [3.8, 4) is 0 Å². The van der Waals surface area contributed by atoms with Crippen LogP contribution in [-0.2, 0) is 44.8 Å². The number of hydrogen-bond acceptors (Lipinski definition) is 10. The Balaban J connectivity index is 1.74. The smallest absolute Gasteiger partial charge is 0.253 e. The fraction of sp³-hybridized carbons (Fsp3) is 0.500. The molecular weight excluding hydrogens is 656 g/mol. The van der Waals surface area contributed by atoms with Crippen molar-refractivity contribution < 1.29 is 38.4 Å². The molecule has 0 fully saturated rings. The van der Waals surface area contributed by atoms with E-state index in [4.69, 9.17) is 5.73 Å². The summed E-state index contributed by atoms with van der Waals surface area (Å²) in [6.45, 7) is 2.64. The Kier molecular flexibility index (Phi) is 17.0. The fourth-order valence-corrected chi connectivity index (χ4v) is 5.31. The Labute approximate surface area is 289 Å². The van der Waals surface area contributed by atoms with Gasteiger partial charge in [0.15, 0.2) is 0 Å². The summed E-state index contributed by atoms with van der Waals surface area (Å²) < 4.78 is -0.678. The summed E-state index contributed by atoms with van der Waals surface area (Å²) in [5.41, 5.74) is 6.72. The molecule has 49 heavy (non-hydrogen) atoms. The molecule has 0 spiro atoms. The van der Waals surface area contributed by atoms with Gasteiger partial charge in [0.25, 0.3) is 11.8 Å². The lowest BCUT2D eigenvalue weighted by Gasteiger charge is -2.29. The Bertz CT molecular complexity index is 1370. The number of benzene rings is 1. The number of likely N-dealkylation sites (N-methyl/N-ethyl adjacent to an activating group) is 1. The molecule has 0 aromatic heterocycles. The molecule has 0 unspecified atom stereocenters. The summed E-state index contributed by atoms with van der Waals surface area (Å²) >= 11 is 1.26. The van der Waals surface area contributed by atoms with Crippen LogP contribution in [0.2, 0.25) is 0 Å². The molecule has 1 aliphatic rings. The number of amides is 8. The number of nitrogens with two attached hydrogens (primary N) is 1. The van der Waals surface area contributed by atoms with Gasteiger partial charge in [0.1, 0.15) is 6.04 Å². The number of carbonyl (C=O) groups is 8. The van der Waals surface area contributed by atoms with Crippen LogP contribution < -0.4 is 37.6 Å². The van der Waals surface area contributed by atoms with Crippen LogP contribution in [0.5, 0.6) is 0 Å². The molecule has 17 heteroatoms. The number of unbranched alkanes of at least 4 members (excludes halogenated alkanes) is 2. The predicted octanol–water partition coefficient (Wildman–Crippen LogP) is -1.79. The van der Waals surface area contributed by atoms with Gasteiger partial charge < -0.3 is 37.6 Å². The van der Waals surface area contributed by atoms with Gasteiger partial charge in [0.2, 0.25) is 35.4 Å². The maximum absolute atomic E-state index is 13.0. The molecule has 1 aromatic carbocycles. The lowest BCUT2D eigenvalue weighted by Crippen LogP contribution is -2.53. The van der Waals surface area contributed by atoms with E-state index < -0.39 is 47.0 Å². The van der Waals surface area contributed by atoms with Crippen LogP contribution in [0.25, 0.3) is 0 Å². The van der Waals surface area contributed by atoms with E-state index in [1.54, 1.807) is 44.2 Å². The van der Waals surface area contributed by atoms with Gasteiger partial charge in [0, 0.05) is 43.3 Å². The molecule has 2 atom stereocenters. The van der Waals surface area contributed by atoms with Crippen LogP contribution in [0.1, 0.15) is 45.1 Å². The summed E-state index contributed by atoms with van der Waals surface area (Å²) in [7, 11) is 1.48. The maximum atomic E-state index is 13.0. The highest BCUT2D eigenvalue weighted by Gasteiger charge is 2.32. The van der Waals surface area contributed by atoms with Gasteiger partial charge in [0.05, 0.1) is 31.6 Å². The molecule has 0 saturated carbocycles. The third-order valence-corrected chi connectivity index (χ3v) is 8.71. The normalized spacial score (nSPS) is 13.7. The second-order valence-corrected chi connectivity index (χ2v) is 13.3. The Hall–Kier alpha value is -4.77. The van der Waals surface area contributed by atoms with Crippen molar-refractivity contribution in [2.75, 3.05) is 39.1 Å². The van der Waals surface area contributed by atoms with E-state index in [2.05, 4.69) is 31.9 Å². The van der Waals surface area contributed by atoms with Gasteiger partial charge in [-0.2, -0.15) is 0 Å². The number of nitrogens with one attached hydrogen (secondary N) is 6. The van der Waals surface area contributed by atoms with Crippen LogP contribution >= 0.6 is 11.8 Å². The van der Waals surface area contributed by atoms with Crippen LogP contribution in [0, 0.1) is 0 Å². The molecule has 0 saturated heterocycles. The lowest BCUT2D eigenvalue weighted by molar-refractivity contribution is -0.137. The molecule has 0 aliphatic carbocycles. The van der Waals surface area contributed by atoms with E-state index in [-0.39, 0.29) is 62.0 Å². The number of thioether (sulfide) groups is 1. The first kappa shape index (κ1) is 40.4. The highest BCUT2D eigenvalue weighted by Crippen LogP contribution is 2.26. The van der Waals surface area contributed by atoms with Gasteiger partial charge in [-0.05, 0) is 32.3 Å². The molecule has 1 aliphatic heterocycles. The number of hydrogen-bond donors (Lipinski definition) is 7. The van der Waals surface area contributed by atoms with Gasteiger partial charge in [-0.3, -0.25) is 43.3 Å². The first-order valence-corrected chi connectivity index (χ1v) is 16.8. The first-order chi connectivity index (χ1) is 23.2. The average molecular weight is 703 g/mol. The van der Waals surface area contributed by atoms with Crippen LogP contribution in [0.4, 0.5) is 0 Å². The van der Waals surface area contributed by atoms with Crippen molar-refractivity contribution in [1.82, 2.24) is 36.8 Å². The Morgan fingerprint density at radius 2 is 1.37 bits per heavy atom. The quantitative estimate of drug-likeness (QED) is 0.0431. The fourth-order valence-electron chi connectivity index (χ4n) is 4.41. The molecular formula is C32H46N8O8S. The van der Waals surface area contributed by atoms with Gasteiger partial charge in [-0.15, -0.1) is 11.8 Å². The van der Waals surface area contributed by atoms with Crippen molar-refractivity contribution in [2.45, 2.75) is 62.8 Å². The average Bonchev–Trinajstić information content (AvgIpc) is 3.40. The molecule has 16 nitrogen and oxygen atoms in total. The summed E-state index contributed by atoms with van der Waals surface area (Å²) in [6.07, 6.45) is 4.34. The molecule has 0 bridgehead atoms. The third-order valence-electron chi connectivity index (χ3n) is 7.43. The van der Waals surface area contributed by atoms with E-state index in [9.17, 15) is 38.4 Å². The third kappa shape index (κ3) is 14.9. The first-order valence-electron chi connectivity index (χ1n) is 15.8. The summed E-state index contributed by atoms with van der Waals surface area (Å²) in [4.78, 5) is 98.5. The second-order valence-electron chi connectivity index (χ2n) is 11.6. The summed E-state index contributed by atoms with van der Waals surface area (Å²) in [6, 6.07) is 7.05. The van der Waals surface area contributed by atoms with Gasteiger partial charge >= 0.3 is 0 Å². The highest BCUT2D eigenvalue weighted by atomic mass is 32.2. The topological polar surface area (TPSA) is 238 Å². The van der Waals surface area contributed by atoms with Crippen LogP contribution in [-0.4, -0.2) is 108 Å². The maximum Gasteiger partial charge on any atom is 0.253 e. The Morgan fingerprint density at radius 1 is 0.776 bits per heavy atom. The minimum absolute atomic E-state index is 0.118. The Morgan fingerprint density at radius 3 is 2.02 bits per heavy atom. The zero-order chi connectivity index (χ0) is 36.4. The highest BCUT2D eigenvalue weighted by molar-refractivity contribution is 8.00. The zero-order valence-corrected chi connectivity index (χ0v) is 28.8. The number of nitrogens with zero attached hydrogens (tertiary/aromatic N) is 1. The molecule has 8 N–H and O–H groups in total. The minimum atomic E-state index is -1.06. The largest absolute Gasteiger partial charge is 0.358 e. The molecule has 8 amide bonds. The standard InChI is InChI=1S/C32H46N8O8S/c1-32(2,29(33)31(48)34-3)49-20-38-25(43)18-37-30(47)22(16-21-10-6-4-7-11-21)39-26(44)19-36-24(42)17-35-23(41)12-8-5-9-15-40-27(45)13-14-28(40)46/h4,6-7,10-11,13-14,22,29H,5,8-9,12,15-20,33H2,1-3H3,(H,34,48)(H,35,41)(H,36,42)(H,37,47)(H,38,43)(H,39,44)/t22-,29+/m0/s1. The van der Waals surface area contributed by atoms with E-state index in [1.807, 2.05) is 0 Å². The zero-order valence-electron chi connectivity index (χ0n) is 28.0. The van der Waals surface area contributed by atoms with E-state index in [0.717, 1.165) is 10.5 Å². The monoisotopic (exact) mass is 702 g/mol. The number of imide groups is 1. The van der Waals surface area contributed by atoms with Crippen LogP contribution in [0.3, 0.4) is 0 Å². The minimum Gasteiger partial charge on any atom is -0.358 e. The van der Waals surface area contributed by atoms with E-state index in [0.29, 0.717) is 19.3 Å². The SMILES string of the molecule is CNC(=O)[C@@H](N)C(C)(C)SCNC(=O)CNC(=O)[C@H](Cc1ccccc1)NC(=O)CNC(=O)CNC(=O)CCCCCN1C(=O)C=CC1=O. The molecule has 1 aromatic rings. The summed E-state index contributed by atoms with van der Waals surface area (Å²) in [5, 5.41) is 15.1. The van der Waals surface area contributed by atoms with Gasteiger partial charge in [-0.25, -0.2) is 0 Å². The number of rotatable bonds is 21. The summed E-state index contributed by atoms with van der Waals surface area (Å²) in [5.74, 6) is -3.63.